The summed E-state index contributed by atoms with van der Waals surface area (Å²) in [7, 11) is 1.61. The third-order valence-corrected chi connectivity index (χ3v) is 2.71. The van der Waals surface area contributed by atoms with E-state index in [-0.39, 0.29) is 5.69 Å². The van der Waals surface area contributed by atoms with Crippen molar-refractivity contribution in [3.05, 3.63) is 51.9 Å². The second-order valence-electron chi connectivity index (χ2n) is 3.99. The van der Waals surface area contributed by atoms with E-state index in [1.807, 2.05) is 0 Å². The van der Waals surface area contributed by atoms with Crippen LogP contribution in [0.2, 0.25) is 0 Å². The number of allylic oxidation sites excluding steroid dienone is 2. The number of nitrogens with zero attached hydrogens (tertiary/aromatic N) is 1. The van der Waals surface area contributed by atoms with Gasteiger partial charge in [0.25, 0.3) is 5.69 Å². The van der Waals surface area contributed by atoms with Crippen LogP contribution in [-0.4, -0.2) is 24.8 Å². The predicted octanol–water partition coefficient (Wildman–Crippen LogP) is 1.59. The number of hydrogen-bond acceptors (Lipinski definition) is 6. The first-order valence-corrected chi connectivity index (χ1v) is 5.89. The Balaban J connectivity index is 2.24. The molecule has 0 aliphatic carbocycles. The Hall–Kier alpha value is -2.83. The molecule has 0 saturated carbocycles. The van der Waals surface area contributed by atoms with E-state index < -0.39 is 4.92 Å². The van der Waals surface area contributed by atoms with Crippen molar-refractivity contribution in [2.24, 2.45) is 0 Å². The van der Waals surface area contributed by atoms with Crippen molar-refractivity contribution in [3.8, 4) is 5.75 Å². The van der Waals surface area contributed by atoms with Gasteiger partial charge in [-0.25, -0.2) is 0 Å². The Labute approximate surface area is 115 Å². The summed E-state index contributed by atoms with van der Waals surface area (Å²) in [5, 5.41) is 16.5. The molecular formula is C13H13N3O4. The van der Waals surface area contributed by atoms with Gasteiger partial charge in [0.2, 0.25) is 0 Å². The van der Waals surface area contributed by atoms with Crippen molar-refractivity contribution < 1.29 is 14.5 Å². The topological polar surface area (TPSA) is 93.5 Å². The van der Waals surface area contributed by atoms with Gasteiger partial charge in [-0.1, -0.05) is 0 Å². The van der Waals surface area contributed by atoms with Gasteiger partial charge >= 0.3 is 0 Å². The molecule has 0 fully saturated rings. The second-order valence-corrected chi connectivity index (χ2v) is 3.99. The summed E-state index contributed by atoms with van der Waals surface area (Å²) in [6.45, 7) is 0.469. The SMILES string of the molecule is CNc1ccc(OC2=CCNC(C=O)=C2)cc1[N+](=O)[O-]. The van der Waals surface area contributed by atoms with E-state index in [0.717, 1.165) is 0 Å². The van der Waals surface area contributed by atoms with E-state index in [2.05, 4.69) is 10.6 Å². The van der Waals surface area contributed by atoms with Crippen molar-refractivity contribution in [2.45, 2.75) is 0 Å². The summed E-state index contributed by atoms with van der Waals surface area (Å²) in [5.41, 5.74) is 0.744. The normalized spacial score (nSPS) is 13.7. The molecule has 2 rings (SSSR count). The lowest BCUT2D eigenvalue weighted by Crippen LogP contribution is -2.19. The monoisotopic (exact) mass is 275 g/mol. The zero-order chi connectivity index (χ0) is 14.5. The Morgan fingerprint density at radius 3 is 2.95 bits per heavy atom. The van der Waals surface area contributed by atoms with Gasteiger partial charge in [-0.05, 0) is 18.2 Å². The molecule has 0 bridgehead atoms. The van der Waals surface area contributed by atoms with Crippen LogP contribution in [0.4, 0.5) is 11.4 Å². The first-order chi connectivity index (χ1) is 9.63. The van der Waals surface area contributed by atoms with E-state index in [1.165, 1.54) is 12.1 Å². The zero-order valence-corrected chi connectivity index (χ0v) is 10.8. The van der Waals surface area contributed by atoms with Gasteiger partial charge in [-0.15, -0.1) is 0 Å². The molecule has 104 valence electrons. The van der Waals surface area contributed by atoms with E-state index in [9.17, 15) is 14.9 Å². The van der Waals surface area contributed by atoms with Crippen molar-refractivity contribution in [2.75, 3.05) is 18.9 Å². The molecule has 1 aromatic carbocycles. The van der Waals surface area contributed by atoms with E-state index in [1.54, 1.807) is 25.3 Å². The fourth-order valence-corrected chi connectivity index (χ4v) is 1.75. The minimum Gasteiger partial charge on any atom is -0.457 e. The molecule has 0 atom stereocenters. The lowest BCUT2D eigenvalue weighted by Gasteiger charge is -2.13. The zero-order valence-electron chi connectivity index (χ0n) is 10.8. The number of anilines is 1. The van der Waals surface area contributed by atoms with Gasteiger partial charge in [0.05, 0.1) is 16.7 Å². The molecule has 7 heteroatoms. The van der Waals surface area contributed by atoms with E-state index in [4.69, 9.17) is 4.74 Å². The largest absolute Gasteiger partial charge is 0.457 e. The summed E-state index contributed by atoms with van der Waals surface area (Å²) < 4.78 is 5.53. The van der Waals surface area contributed by atoms with Crippen molar-refractivity contribution in [3.63, 3.8) is 0 Å². The van der Waals surface area contributed by atoms with Crippen LogP contribution in [0.25, 0.3) is 0 Å². The lowest BCUT2D eigenvalue weighted by molar-refractivity contribution is -0.384. The summed E-state index contributed by atoms with van der Waals surface area (Å²) in [5.74, 6) is 0.808. The van der Waals surface area contributed by atoms with Crippen molar-refractivity contribution in [1.29, 1.82) is 0 Å². The highest BCUT2D eigenvalue weighted by molar-refractivity contribution is 5.73. The highest BCUT2D eigenvalue weighted by Gasteiger charge is 2.15. The molecule has 1 aromatic rings. The number of aldehydes is 1. The Bertz CT molecular complexity index is 608. The average molecular weight is 275 g/mol. The van der Waals surface area contributed by atoms with Crippen LogP contribution in [0.5, 0.6) is 5.75 Å². The maximum absolute atomic E-state index is 11.0. The fourth-order valence-electron chi connectivity index (χ4n) is 1.75. The molecule has 20 heavy (non-hydrogen) atoms. The molecule has 1 heterocycles. The first kappa shape index (κ1) is 13.6. The molecule has 0 saturated heterocycles. The summed E-state index contributed by atoms with van der Waals surface area (Å²) in [6.07, 6.45) is 3.96. The fraction of sp³-hybridized carbons (Fsp3) is 0.154. The predicted molar refractivity (Wildman–Crippen MR) is 73.5 cm³/mol. The number of benzene rings is 1. The van der Waals surface area contributed by atoms with Crippen LogP contribution in [0.1, 0.15) is 0 Å². The second kappa shape index (κ2) is 5.87. The Morgan fingerprint density at radius 1 is 1.50 bits per heavy atom. The molecule has 1 aliphatic heterocycles. The molecule has 1 aliphatic rings. The van der Waals surface area contributed by atoms with Gasteiger partial charge in [-0.3, -0.25) is 14.9 Å². The lowest BCUT2D eigenvalue weighted by atomic mass is 10.2. The summed E-state index contributed by atoms with van der Waals surface area (Å²) in [4.78, 5) is 21.1. The van der Waals surface area contributed by atoms with Crippen LogP contribution >= 0.6 is 0 Å². The quantitative estimate of drug-likeness (QED) is 0.481. The number of ether oxygens (including phenoxy) is 1. The van der Waals surface area contributed by atoms with Gasteiger partial charge in [0.15, 0.2) is 6.29 Å². The van der Waals surface area contributed by atoms with Crippen LogP contribution in [-0.2, 0) is 4.79 Å². The number of carbonyl (C=O) groups is 1. The van der Waals surface area contributed by atoms with Crippen molar-refractivity contribution >= 4 is 17.7 Å². The van der Waals surface area contributed by atoms with Crippen molar-refractivity contribution in [1.82, 2.24) is 5.32 Å². The van der Waals surface area contributed by atoms with Gasteiger partial charge in [0, 0.05) is 19.7 Å². The molecule has 2 N–H and O–H groups in total. The average Bonchev–Trinajstić information content (AvgIpc) is 2.47. The molecule has 0 radical (unpaired) electrons. The number of carbonyl (C=O) groups excluding carboxylic acids is 1. The molecule has 7 nitrogen and oxygen atoms in total. The number of hydrogen-bond donors (Lipinski definition) is 2. The Morgan fingerprint density at radius 2 is 2.30 bits per heavy atom. The molecule has 0 aromatic heterocycles. The van der Waals surface area contributed by atoms with Crippen LogP contribution in [0, 0.1) is 10.1 Å². The molecule has 0 spiro atoms. The molecule has 0 unspecified atom stereocenters. The van der Waals surface area contributed by atoms with Gasteiger partial charge < -0.3 is 15.4 Å². The number of rotatable bonds is 5. The Kier molecular flexibility index (Phi) is 3.99. The third-order valence-electron chi connectivity index (χ3n) is 2.71. The maximum atomic E-state index is 11.0. The molecule has 0 amide bonds. The third kappa shape index (κ3) is 2.94. The minimum atomic E-state index is -0.484. The van der Waals surface area contributed by atoms with Gasteiger partial charge in [0.1, 0.15) is 17.2 Å². The molecular weight excluding hydrogens is 262 g/mol. The van der Waals surface area contributed by atoms with Gasteiger partial charge in [-0.2, -0.15) is 0 Å². The first-order valence-electron chi connectivity index (χ1n) is 5.89. The maximum Gasteiger partial charge on any atom is 0.296 e. The van der Waals surface area contributed by atoms with Crippen LogP contribution in [0.15, 0.2) is 41.8 Å². The highest BCUT2D eigenvalue weighted by atomic mass is 16.6. The standard InChI is InChI=1S/C13H13N3O4/c1-14-12-3-2-10(7-13(12)16(18)19)20-11-4-5-15-9(6-11)8-17/h2-4,6-8,14-15H,5H2,1H3. The smallest absolute Gasteiger partial charge is 0.296 e. The summed E-state index contributed by atoms with van der Waals surface area (Å²) in [6, 6.07) is 4.53. The minimum absolute atomic E-state index is 0.0703. The van der Waals surface area contributed by atoms with E-state index >= 15 is 0 Å². The highest BCUT2D eigenvalue weighted by Crippen LogP contribution is 2.29. The summed E-state index contributed by atoms with van der Waals surface area (Å²) >= 11 is 0. The van der Waals surface area contributed by atoms with E-state index in [0.29, 0.717) is 35.7 Å². The number of nitro benzene ring substituents is 1. The number of nitrogens with one attached hydrogen (secondary N) is 2. The van der Waals surface area contributed by atoms with Crippen LogP contribution < -0.4 is 15.4 Å². The number of dihydropyridines is 1. The number of nitro groups is 1. The van der Waals surface area contributed by atoms with Crippen LogP contribution in [0.3, 0.4) is 0 Å².